The average molecular weight is 259 g/mol. The summed E-state index contributed by atoms with van der Waals surface area (Å²) in [5, 5.41) is 3.04. The van der Waals surface area contributed by atoms with Gasteiger partial charge in [0.05, 0.1) is 0 Å². The van der Waals surface area contributed by atoms with Crippen LogP contribution in [0.4, 0.5) is 4.39 Å². The molecule has 0 radical (unpaired) electrons. The Morgan fingerprint density at radius 2 is 1.74 bits per heavy atom. The van der Waals surface area contributed by atoms with Crippen LogP contribution in [-0.4, -0.2) is 7.05 Å². The molecule has 19 heavy (non-hydrogen) atoms. The number of halogens is 1. The minimum atomic E-state index is -0.257. The van der Waals surface area contributed by atoms with Gasteiger partial charge >= 0.3 is 0 Å². The van der Waals surface area contributed by atoms with Crippen LogP contribution in [0.2, 0.25) is 0 Å². The third kappa shape index (κ3) is 2.93. The SMILES string of the molecule is CNC(C)c1c(F)cccc1Oc1ccccc1C. The van der Waals surface area contributed by atoms with E-state index in [-0.39, 0.29) is 11.9 Å². The number of hydrogen-bond donors (Lipinski definition) is 1. The molecule has 0 aliphatic rings. The van der Waals surface area contributed by atoms with Gasteiger partial charge < -0.3 is 10.1 Å². The second kappa shape index (κ2) is 5.85. The first kappa shape index (κ1) is 13.6. The maximum absolute atomic E-state index is 14.0. The molecule has 3 heteroatoms. The Morgan fingerprint density at radius 3 is 2.42 bits per heavy atom. The molecule has 0 heterocycles. The molecule has 0 spiro atoms. The summed E-state index contributed by atoms with van der Waals surface area (Å²) in [6.45, 7) is 3.87. The van der Waals surface area contributed by atoms with Crippen molar-refractivity contribution < 1.29 is 9.13 Å². The summed E-state index contributed by atoms with van der Waals surface area (Å²) in [6.07, 6.45) is 0. The van der Waals surface area contributed by atoms with Crippen molar-refractivity contribution in [3.05, 3.63) is 59.4 Å². The van der Waals surface area contributed by atoms with Crippen LogP contribution in [-0.2, 0) is 0 Å². The normalized spacial score (nSPS) is 12.2. The molecule has 2 rings (SSSR count). The van der Waals surface area contributed by atoms with E-state index in [1.807, 2.05) is 38.1 Å². The number of benzene rings is 2. The fourth-order valence-corrected chi connectivity index (χ4v) is 1.96. The first-order chi connectivity index (χ1) is 9.13. The lowest BCUT2D eigenvalue weighted by atomic mass is 10.1. The fourth-order valence-electron chi connectivity index (χ4n) is 1.96. The highest BCUT2D eigenvalue weighted by Crippen LogP contribution is 2.32. The van der Waals surface area contributed by atoms with Crippen LogP contribution in [0.3, 0.4) is 0 Å². The lowest BCUT2D eigenvalue weighted by Gasteiger charge is -2.17. The second-order valence-corrected chi connectivity index (χ2v) is 4.53. The Hall–Kier alpha value is -1.87. The van der Waals surface area contributed by atoms with E-state index >= 15 is 0 Å². The third-order valence-electron chi connectivity index (χ3n) is 3.19. The van der Waals surface area contributed by atoms with Crippen molar-refractivity contribution in [3.8, 4) is 11.5 Å². The maximum atomic E-state index is 14.0. The predicted octanol–water partition coefficient (Wildman–Crippen LogP) is 4.21. The summed E-state index contributed by atoms with van der Waals surface area (Å²) >= 11 is 0. The van der Waals surface area contributed by atoms with Gasteiger partial charge in [-0.05, 0) is 44.7 Å². The Balaban J connectivity index is 2.40. The van der Waals surface area contributed by atoms with Gasteiger partial charge in [-0.3, -0.25) is 0 Å². The van der Waals surface area contributed by atoms with Crippen LogP contribution in [0.1, 0.15) is 24.1 Å². The molecular weight excluding hydrogens is 241 g/mol. The summed E-state index contributed by atoms with van der Waals surface area (Å²) in [7, 11) is 1.80. The summed E-state index contributed by atoms with van der Waals surface area (Å²) in [6, 6.07) is 12.5. The number of ether oxygens (including phenoxy) is 1. The van der Waals surface area contributed by atoms with Gasteiger partial charge in [0.2, 0.25) is 0 Å². The van der Waals surface area contributed by atoms with Gasteiger partial charge in [0.1, 0.15) is 17.3 Å². The minimum absolute atomic E-state index is 0.111. The van der Waals surface area contributed by atoms with E-state index in [0.717, 1.165) is 11.3 Å². The molecule has 0 aliphatic carbocycles. The highest BCUT2D eigenvalue weighted by atomic mass is 19.1. The first-order valence-corrected chi connectivity index (χ1v) is 6.32. The molecule has 2 nitrogen and oxygen atoms in total. The Morgan fingerprint density at radius 1 is 1.05 bits per heavy atom. The molecule has 1 unspecified atom stereocenters. The summed E-state index contributed by atoms with van der Waals surface area (Å²) in [5.41, 5.74) is 1.57. The zero-order chi connectivity index (χ0) is 13.8. The number of rotatable bonds is 4. The Kier molecular flexibility index (Phi) is 4.17. The monoisotopic (exact) mass is 259 g/mol. The van der Waals surface area contributed by atoms with E-state index < -0.39 is 0 Å². The Labute approximate surface area is 113 Å². The molecule has 100 valence electrons. The molecule has 2 aromatic rings. The van der Waals surface area contributed by atoms with E-state index in [1.165, 1.54) is 6.07 Å². The number of nitrogens with one attached hydrogen (secondary N) is 1. The van der Waals surface area contributed by atoms with E-state index in [2.05, 4.69) is 5.32 Å². The summed E-state index contributed by atoms with van der Waals surface area (Å²) in [4.78, 5) is 0. The van der Waals surface area contributed by atoms with Gasteiger partial charge in [0, 0.05) is 11.6 Å². The van der Waals surface area contributed by atoms with Crippen LogP contribution < -0.4 is 10.1 Å². The zero-order valence-corrected chi connectivity index (χ0v) is 11.4. The van der Waals surface area contributed by atoms with Crippen molar-refractivity contribution in [3.63, 3.8) is 0 Å². The van der Waals surface area contributed by atoms with E-state index in [9.17, 15) is 4.39 Å². The van der Waals surface area contributed by atoms with Gasteiger partial charge in [-0.1, -0.05) is 24.3 Å². The smallest absolute Gasteiger partial charge is 0.135 e. The van der Waals surface area contributed by atoms with Crippen LogP contribution in [0, 0.1) is 12.7 Å². The van der Waals surface area contributed by atoms with E-state index in [0.29, 0.717) is 11.3 Å². The number of para-hydroxylation sites is 1. The molecule has 0 fully saturated rings. The van der Waals surface area contributed by atoms with Crippen molar-refractivity contribution in [2.75, 3.05) is 7.05 Å². The highest BCUT2D eigenvalue weighted by molar-refractivity contribution is 5.42. The zero-order valence-electron chi connectivity index (χ0n) is 11.4. The van der Waals surface area contributed by atoms with Gasteiger partial charge in [-0.2, -0.15) is 0 Å². The standard InChI is InChI=1S/C16H18FNO/c1-11-7-4-5-9-14(11)19-15-10-6-8-13(17)16(15)12(2)18-3/h4-10,12,18H,1-3H3. The Bertz CT molecular complexity index is 568. The molecule has 2 aromatic carbocycles. The minimum Gasteiger partial charge on any atom is -0.457 e. The molecule has 0 saturated heterocycles. The molecule has 0 aromatic heterocycles. The van der Waals surface area contributed by atoms with Crippen LogP contribution in [0.15, 0.2) is 42.5 Å². The third-order valence-corrected chi connectivity index (χ3v) is 3.19. The topological polar surface area (TPSA) is 21.3 Å². The van der Waals surface area contributed by atoms with Gasteiger partial charge in [0.25, 0.3) is 0 Å². The molecule has 1 N–H and O–H groups in total. The fraction of sp³-hybridized carbons (Fsp3) is 0.250. The van der Waals surface area contributed by atoms with Crippen LogP contribution in [0.25, 0.3) is 0 Å². The molecular formula is C16H18FNO. The molecule has 0 amide bonds. The maximum Gasteiger partial charge on any atom is 0.135 e. The predicted molar refractivity (Wildman–Crippen MR) is 75.1 cm³/mol. The largest absolute Gasteiger partial charge is 0.457 e. The van der Waals surface area contributed by atoms with Crippen LogP contribution >= 0.6 is 0 Å². The van der Waals surface area contributed by atoms with E-state index in [4.69, 9.17) is 4.74 Å². The lowest BCUT2D eigenvalue weighted by Crippen LogP contribution is -2.15. The van der Waals surface area contributed by atoms with Gasteiger partial charge in [0.15, 0.2) is 0 Å². The second-order valence-electron chi connectivity index (χ2n) is 4.53. The van der Waals surface area contributed by atoms with Crippen molar-refractivity contribution in [1.82, 2.24) is 5.32 Å². The van der Waals surface area contributed by atoms with Crippen molar-refractivity contribution in [1.29, 1.82) is 0 Å². The lowest BCUT2D eigenvalue weighted by molar-refractivity contribution is 0.450. The van der Waals surface area contributed by atoms with E-state index in [1.54, 1.807) is 19.2 Å². The van der Waals surface area contributed by atoms with Crippen molar-refractivity contribution >= 4 is 0 Å². The summed E-state index contributed by atoms with van der Waals surface area (Å²) in [5.74, 6) is 1.04. The molecule has 0 bridgehead atoms. The van der Waals surface area contributed by atoms with Gasteiger partial charge in [-0.15, -0.1) is 0 Å². The molecule has 1 atom stereocenters. The van der Waals surface area contributed by atoms with Crippen molar-refractivity contribution in [2.24, 2.45) is 0 Å². The highest BCUT2D eigenvalue weighted by Gasteiger charge is 2.16. The first-order valence-electron chi connectivity index (χ1n) is 6.32. The summed E-state index contributed by atoms with van der Waals surface area (Å²) < 4.78 is 19.8. The number of aryl methyl sites for hydroxylation is 1. The average Bonchev–Trinajstić information content (AvgIpc) is 2.41. The molecule has 0 saturated carbocycles. The van der Waals surface area contributed by atoms with Crippen molar-refractivity contribution in [2.45, 2.75) is 19.9 Å². The number of hydrogen-bond acceptors (Lipinski definition) is 2. The quantitative estimate of drug-likeness (QED) is 0.888. The van der Waals surface area contributed by atoms with Gasteiger partial charge in [-0.25, -0.2) is 4.39 Å². The van der Waals surface area contributed by atoms with Crippen LogP contribution in [0.5, 0.6) is 11.5 Å². The molecule has 0 aliphatic heterocycles.